The zero-order valence-corrected chi connectivity index (χ0v) is 8.94. The lowest BCUT2D eigenvalue weighted by Gasteiger charge is -1.98. The third-order valence-electron chi connectivity index (χ3n) is 3.16. The summed E-state index contributed by atoms with van der Waals surface area (Å²) in [5.41, 5.74) is 1.30. The minimum atomic E-state index is -1.13. The molecule has 2 unspecified atom stereocenters. The summed E-state index contributed by atoms with van der Waals surface area (Å²) in [6.07, 6.45) is 2.67. The Morgan fingerprint density at radius 2 is 1.78 bits per heavy atom. The Morgan fingerprint density at radius 1 is 1.11 bits per heavy atom. The molecule has 0 radical (unpaired) electrons. The first-order valence-corrected chi connectivity index (χ1v) is 5.21. The molecule has 8 nitrogen and oxygen atoms in total. The van der Waals surface area contributed by atoms with Crippen LogP contribution in [0.25, 0.3) is 11.2 Å². The second-order valence-electron chi connectivity index (χ2n) is 4.11. The van der Waals surface area contributed by atoms with Gasteiger partial charge in [-0.25, -0.2) is 15.0 Å². The first-order valence-electron chi connectivity index (χ1n) is 5.21. The lowest BCUT2D eigenvalue weighted by Crippen LogP contribution is -2.05. The first kappa shape index (κ1) is 10.6. The summed E-state index contributed by atoms with van der Waals surface area (Å²) in [5.74, 6) is -4.77. The van der Waals surface area contributed by atoms with Crippen molar-refractivity contribution in [3.05, 3.63) is 18.3 Å². The molecule has 3 rings (SSSR count). The number of hydrogen-bond acceptors (Lipinski definition) is 5. The smallest absolute Gasteiger partial charge is 0.308 e. The van der Waals surface area contributed by atoms with E-state index < -0.39 is 29.7 Å². The van der Waals surface area contributed by atoms with Gasteiger partial charge in [0.2, 0.25) is 0 Å². The molecular weight excluding hydrogens is 240 g/mol. The summed E-state index contributed by atoms with van der Waals surface area (Å²) >= 11 is 0. The normalized spacial score (nSPS) is 26.1. The molecule has 1 aliphatic rings. The zero-order chi connectivity index (χ0) is 12.9. The molecule has 1 saturated carbocycles. The van der Waals surface area contributed by atoms with Crippen LogP contribution in [0, 0.1) is 11.8 Å². The largest absolute Gasteiger partial charge is 0.481 e. The van der Waals surface area contributed by atoms with E-state index >= 15 is 0 Å². The van der Waals surface area contributed by atoms with Crippen molar-refractivity contribution in [2.75, 3.05) is 0 Å². The van der Waals surface area contributed by atoms with Crippen LogP contribution in [0.3, 0.4) is 0 Å². The first-order chi connectivity index (χ1) is 8.61. The number of aromatic amines is 1. The number of nitrogens with zero attached hydrogens (tertiary/aromatic N) is 3. The lowest BCUT2D eigenvalue weighted by molar-refractivity contribution is -0.144. The summed E-state index contributed by atoms with van der Waals surface area (Å²) in [6, 6.07) is 0. The molecule has 2 atom stereocenters. The number of aliphatic carboxylic acids is 2. The van der Waals surface area contributed by atoms with E-state index in [-0.39, 0.29) is 0 Å². The van der Waals surface area contributed by atoms with Crippen LogP contribution in [-0.4, -0.2) is 42.1 Å². The molecule has 0 aromatic carbocycles. The molecule has 3 N–H and O–H groups in total. The summed E-state index contributed by atoms with van der Waals surface area (Å²) in [7, 11) is 0. The summed E-state index contributed by atoms with van der Waals surface area (Å²) in [5, 5.41) is 18.0. The van der Waals surface area contributed by atoms with Crippen molar-refractivity contribution in [1.29, 1.82) is 0 Å². The second-order valence-corrected chi connectivity index (χ2v) is 4.11. The van der Waals surface area contributed by atoms with E-state index in [4.69, 9.17) is 10.2 Å². The molecule has 0 bridgehead atoms. The maximum absolute atomic E-state index is 11.0. The number of imidazole rings is 1. The van der Waals surface area contributed by atoms with Gasteiger partial charge in [-0.05, 0) is 0 Å². The maximum atomic E-state index is 11.0. The van der Waals surface area contributed by atoms with Gasteiger partial charge in [0, 0.05) is 5.92 Å². The van der Waals surface area contributed by atoms with E-state index in [0.717, 1.165) is 0 Å². The number of fused-ring (bicyclic) bond motifs is 1. The Morgan fingerprint density at radius 3 is 2.39 bits per heavy atom. The average Bonchev–Trinajstić information content (AvgIpc) is 2.90. The molecular formula is C10H8N4O4. The highest BCUT2D eigenvalue weighted by molar-refractivity contribution is 5.90. The molecule has 0 aliphatic heterocycles. The molecule has 0 amide bonds. The minimum absolute atomic E-state index is 0.400. The summed E-state index contributed by atoms with van der Waals surface area (Å²) in [4.78, 5) is 36.6. The third kappa shape index (κ3) is 1.35. The standard InChI is InChI=1S/C10H8N4O4/c15-9(16)4-3(5(4)10(17)18)6-7-8(13-1-11-6)14-2-12-7/h1-5H,(H,15,16)(H,17,18)(H,11,12,13,14). The molecule has 0 spiro atoms. The fourth-order valence-corrected chi connectivity index (χ4v) is 2.30. The van der Waals surface area contributed by atoms with Crippen LogP contribution >= 0.6 is 0 Å². The third-order valence-corrected chi connectivity index (χ3v) is 3.16. The van der Waals surface area contributed by atoms with Gasteiger partial charge in [-0.2, -0.15) is 0 Å². The predicted octanol–water partition coefficient (Wildman–Crippen LogP) is -0.148. The second kappa shape index (κ2) is 3.49. The van der Waals surface area contributed by atoms with E-state index in [1.165, 1.54) is 12.7 Å². The van der Waals surface area contributed by atoms with Crippen LogP contribution in [-0.2, 0) is 9.59 Å². The number of carbonyl (C=O) groups is 2. The Hall–Kier alpha value is -2.51. The number of carboxylic acid groups (broad SMARTS) is 2. The van der Waals surface area contributed by atoms with Crippen molar-refractivity contribution in [2.24, 2.45) is 11.8 Å². The van der Waals surface area contributed by atoms with Crippen molar-refractivity contribution in [1.82, 2.24) is 19.9 Å². The van der Waals surface area contributed by atoms with Crippen molar-refractivity contribution in [3.63, 3.8) is 0 Å². The Labute approximate surface area is 99.7 Å². The zero-order valence-electron chi connectivity index (χ0n) is 8.94. The SMILES string of the molecule is O=C(O)C1C(C(=O)O)C1c1ncnc2nc[nH]c12. The highest BCUT2D eigenvalue weighted by Crippen LogP contribution is 2.54. The molecule has 1 aliphatic carbocycles. The van der Waals surface area contributed by atoms with Gasteiger partial charge in [-0.1, -0.05) is 0 Å². The van der Waals surface area contributed by atoms with E-state index in [9.17, 15) is 9.59 Å². The number of rotatable bonds is 3. The number of nitrogens with one attached hydrogen (secondary N) is 1. The topological polar surface area (TPSA) is 129 Å². The molecule has 2 heterocycles. The highest BCUT2D eigenvalue weighted by Gasteiger charge is 2.61. The molecule has 92 valence electrons. The van der Waals surface area contributed by atoms with Crippen LogP contribution < -0.4 is 0 Å². The number of H-pyrrole nitrogens is 1. The van der Waals surface area contributed by atoms with Gasteiger partial charge in [0.15, 0.2) is 5.65 Å². The molecule has 1 fully saturated rings. The Bertz CT molecular complexity index is 632. The number of aromatic nitrogens is 4. The summed E-state index contributed by atoms with van der Waals surface area (Å²) < 4.78 is 0. The monoisotopic (exact) mass is 248 g/mol. The van der Waals surface area contributed by atoms with Crippen LogP contribution in [0.15, 0.2) is 12.7 Å². The van der Waals surface area contributed by atoms with E-state index in [1.807, 2.05) is 0 Å². The predicted molar refractivity (Wildman–Crippen MR) is 56.7 cm³/mol. The fourth-order valence-electron chi connectivity index (χ4n) is 2.30. The van der Waals surface area contributed by atoms with Crippen LogP contribution in [0.1, 0.15) is 11.6 Å². The number of carboxylic acids is 2. The van der Waals surface area contributed by atoms with Crippen molar-refractivity contribution >= 4 is 23.1 Å². The van der Waals surface area contributed by atoms with E-state index in [0.29, 0.717) is 16.9 Å². The molecule has 8 heteroatoms. The minimum Gasteiger partial charge on any atom is -0.481 e. The van der Waals surface area contributed by atoms with Gasteiger partial charge >= 0.3 is 11.9 Å². The molecule has 18 heavy (non-hydrogen) atoms. The van der Waals surface area contributed by atoms with Gasteiger partial charge in [-0.3, -0.25) is 9.59 Å². The van der Waals surface area contributed by atoms with E-state index in [2.05, 4.69) is 19.9 Å². The van der Waals surface area contributed by atoms with Crippen LogP contribution in [0.5, 0.6) is 0 Å². The molecule has 2 aromatic rings. The fraction of sp³-hybridized carbons (Fsp3) is 0.300. The van der Waals surface area contributed by atoms with Crippen molar-refractivity contribution < 1.29 is 19.8 Å². The molecule has 0 saturated heterocycles. The lowest BCUT2D eigenvalue weighted by atomic mass is 10.2. The van der Waals surface area contributed by atoms with Gasteiger partial charge in [-0.15, -0.1) is 0 Å². The van der Waals surface area contributed by atoms with Crippen LogP contribution in [0.2, 0.25) is 0 Å². The maximum Gasteiger partial charge on any atom is 0.308 e. The summed E-state index contributed by atoms with van der Waals surface area (Å²) in [6.45, 7) is 0. The van der Waals surface area contributed by atoms with E-state index in [1.54, 1.807) is 0 Å². The van der Waals surface area contributed by atoms with Gasteiger partial charge in [0.25, 0.3) is 0 Å². The van der Waals surface area contributed by atoms with Crippen molar-refractivity contribution in [2.45, 2.75) is 5.92 Å². The van der Waals surface area contributed by atoms with Crippen LogP contribution in [0.4, 0.5) is 0 Å². The van der Waals surface area contributed by atoms with Gasteiger partial charge < -0.3 is 15.2 Å². The Balaban J connectivity index is 2.08. The van der Waals surface area contributed by atoms with Gasteiger partial charge in [0.1, 0.15) is 11.8 Å². The Kier molecular flexibility index (Phi) is 2.06. The van der Waals surface area contributed by atoms with Gasteiger partial charge in [0.05, 0.1) is 23.9 Å². The number of hydrogen-bond donors (Lipinski definition) is 3. The quantitative estimate of drug-likeness (QED) is 0.688. The highest BCUT2D eigenvalue weighted by atomic mass is 16.4. The van der Waals surface area contributed by atoms with Crippen molar-refractivity contribution in [3.8, 4) is 0 Å². The molecule has 2 aromatic heterocycles. The average molecular weight is 248 g/mol.